The monoisotopic (exact) mass is 498 g/mol. The fourth-order valence-corrected chi connectivity index (χ4v) is 3.59. The summed E-state index contributed by atoms with van der Waals surface area (Å²) in [5.41, 5.74) is 6.19. The van der Waals surface area contributed by atoms with E-state index in [9.17, 15) is 4.79 Å². The summed E-state index contributed by atoms with van der Waals surface area (Å²) >= 11 is 3.42. The van der Waals surface area contributed by atoms with Crippen molar-refractivity contribution in [1.29, 1.82) is 0 Å². The van der Waals surface area contributed by atoms with Crippen LogP contribution >= 0.6 is 15.9 Å². The lowest BCUT2D eigenvalue weighted by molar-refractivity contribution is 0.0736. The highest BCUT2D eigenvalue weighted by Crippen LogP contribution is 2.26. The van der Waals surface area contributed by atoms with Gasteiger partial charge in [0.15, 0.2) is 0 Å². The number of nitrogens with zero attached hydrogens (tertiary/aromatic N) is 1. The average molecular weight is 499 g/mol. The third kappa shape index (κ3) is 5.96. The molecular formula is C28H23BrN2O2. The number of aliphatic imine (C=N–C) groups is 1. The zero-order valence-electron chi connectivity index (χ0n) is 18.4. The van der Waals surface area contributed by atoms with E-state index >= 15 is 0 Å². The number of anilines is 2. The highest BCUT2D eigenvalue weighted by molar-refractivity contribution is 9.10. The number of carbonyl (C=O) groups is 1. The molecule has 5 heteroatoms. The summed E-state index contributed by atoms with van der Waals surface area (Å²) in [4.78, 5) is 17.4. The van der Waals surface area contributed by atoms with Gasteiger partial charge in [-0.25, -0.2) is 4.79 Å². The second-order valence-corrected chi connectivity index (χ2v) is 8.60. The minimum Gasteiger partial charge on any atom is -0.423 e. The van der Waals surface area contributed by atoms with E-state index in [2.05, 4.69) is 39.2 Å². The minimum atomic E-state index is -0.422. The molecule has 164 valence electrons. The van der Waals surface area contributed by atoms with Crippen LogP contribution in [-0.4, -0.2) is 12.2 Å². The van der Waals surface area contributed by atoms with Crippen molar-refractivity contribution in [3.05, 3.63) is 118 Å². The van der Waals surface area contributed by atoms with Crippen LogP contribution in [0.5, 0.6) is 5.75 Å². The Balaban J connectivity index is 1.45. The van der Waals surface area contributed by atoms with E-state index in [4.69, 9.17) is 4.74 Å². The first-order valence-corrected chi connectivity index (χ1v) is 11.3. The third-order valence-electron chi connectivity index (χ3n) is 5.08. The quantitative estimate of drug-likeness (QED) is 0.167. The van der Waals surface area contributed by atoms with Gasteiger partial charge in [0.2, 0.25) is 0 Å². The second kappa shape index (κ2) is 10.3. The van der Waals surface area contributed by atoms with Crippen LogP contribution in [0.4, 0.5) is 17.1 Å². The van der Waals surface area contributed by atoms with Crippen LogP contribution in [0.1, 0.15) is 27.0 Å². The fourth-order valence-electron chi connectivity index (χ4n) is 3.33. The number of halogens is 1. The van der Waals surface area contributed by atoms with Crippen LogP contribution in [0, 0.1) is 13.8 Å². The Kier molecular flexibility index (Phi) is 7.01. The molecule has 4 nitrogen and oxygen atoms in total. The maximum absolute atomic E-state index is 12.9. The molecule has 0 atom stereocenters. The van der Waals surface area contributed by atoms with Gasteiger partial charge in [0.05, 0.1) is 16.9 Å². The largest absolute Gasteiger partial charge is 0.423 e. The van der Waals surface area contributed by atoms with Gasteiger partial charge in [-0.05, 0) is 79.6 Å². The summed E-state index contributed by atoms with van der Waals surface area (Å²) in [6, 6.07) is 28.5. The van der Waals surface area contributed by atoms with Gasteiger partial charge in [-0.15, -0.1) is 0 Å². The number of nitrogens with one attached hydrogen (secondary N) is 1. The van der Waals surface area contributed by atoms with E-state index in [1.165, 1.54) is 5.56 Å². The maximum Gasteiger partial charge on any atom is 0.345 e. The van der Waals surface area contributed by atoms with Crippen molar-refractivity contribution < 1.29 is 9.53 Å². The van der Waals surface area contributed by atoms with Gasteiger partial charge in [0.1, 0.15) is 5.75 Å². The maximum atomic E-state index is 12.9. The van der Waals surface area contributed by atoms with Crippen molar-refractivity contribution >= 4 is 45.2 Å². The van der Waals surface area contributed by atoms with Crippen molar-refractivity contribution in [2.24, 2.45) is 4.99 Å². The third-order valence-corrected chi connectivity index (χ3v) is 5.61. The number of hydrogen-bond donors (Lipinski definition) is 1. The van der Waals surface area contributed by atoms with Gasteiger partial charge >= 0.3 is 5.97 Å². The van der Waals surface area contributed by atoms with Crippen LogP contribution in [0.25, 0.3) is 0 Å². The molecule has 0 amide bonds. The lowest BCUT2D eigenvalue weighted by Crippen LogP contribution is -2.11. The van der Waals surface area contributed by atoms with Gasteiger partial charge in [-0.3, -0.25) is 4.99 Å². The van der Waals surface area contributed by atoms with E-state index in [0.29, 0.717) is 17.0 Å². The molecule has 0 bridgehead atoms. The Morgan fingerprint density at radius 2 is 1.61 bits per heavy atom. The van der Waals surface area contributed by atoms with Crippen LogP contribution in [0.3, 0.4) is 0 Å². The second-order valence-electron chi connectivity index (χ2n) is 7.68. The predicted molar refractivity (Wildman–Crippen MR) is 138 cm³/mol. The first kappa shape index (κ1) is 22.5. The molecule has 0 heterocycles. The van der Waals surface area contributed by atoms with Crippen molar-refractivity contribution in [3.8, 4) is 5.75 Å². The number of esters is 1. The summed E-state index contributed by atoms with van der Waals surface area (Å²) < 4.78 is 6.65. The van der Waals surface area contributed by atoms with Gasteiger partial charge in [0.25, 0.3) is 0 Å². The Bertz CT molecular complexity index is 1300. The van der Waals surface area contributed by atoms with Gasteiger partial charge in [-0.2, -0.15) is 0 Å². The Labute approximate surface area is 202 Å². The summed E-state index contributed by atoms with van der Waals surface area (Å²) in [6.07, 6.45) is 1.79. The Morgan fingerprint density at radius 3 is 2.33 bits per heavy atom. The number of hydrogen-bond acceptors (Lipinski definition) is 4. The number of carbonyl (C=O) groups excluding carboxylic acids is 1. The minimum absolute atomic E-state index is 0.422. The zero-order valence-corrected chi connectivity index (χ0v) is 20.0. The van der Waals surface area contributed by atoms with Crippen molar-refractivity contribution in [2.45, 2.75) is 13.8 Å². The number of rotatable bonds is 6. The van der Waals surface area contributed by atoms with Crippen LogP contribution in [0.2, 0.25) is 0 Å². The highest BCUT2D eigenvalue weighted by Gasteiger charge is 2.14. The van der Waals surface area contributed by atoms with Crippen LogP contribution in [-0.2, 0) is 0 Å². The topological polar surface area (TPSA) is 50.7 Å². The predicted octanol–water partition coefficient (Wildman–Crippen LogP) is 7.78. The SMILES string of the molecule is Cc1ccc(Nc2ccccc2C(=O)Oc2ccc(N=Cc3ccc(Br)cc3)cc2)c(C)c1. The molecule has 0 radical (unpaired) electrons. The first-order chi connectivity index (χ1) is 16.0. The summed E-state index contributed by atoms with van der Waals surface area (Å²) in [7, 11) is 0. The van der Waals surface area contributed by atoms with E-state index in [1.54, 1.807) is 24.4 Å². The Morgan fingerprint density at radius 1 is 0.879 bits per heavy atom. The molecule has 4 rings (SSSR count). The summed E-state index contributed by atoms with van der Waals surface area (Å²) in [5.74, 6) is 0.0397. The lowest BCUT2D eigenvalue weighted by atomic mass is 10.1. The number of ether oxygens (including phenoxy) is 1. The van der Waals surface area contributed by atoms with E-state index in [0.717, 1.165) is 27.0 Å². The number of para-hydroxylation sites is 1. The fraction of sp³-hybridized carbons (Fsp3) is 0.0714. The molecule has 0 aliphatic carbocycles. The molecule has 0 saturated carbocycles. The standard InChI is InChI=1S/C28H23BrN2O2/c1-19-7-16-26(20(2)17-19)31-27-6-4-3-5-25(27)28(32)33-24-14-12-23(13-15-24)30-18-21-8-10-22(29)11-9-21/h3-18,31H,1-2H3. The van der Waals surface area contributed by atoms with Gasteiger partial charge in [0, 0.05) is 16.4 Å². The molecule has 0 fully saturated rings. The highest BCUT2D eigenvalue weighted by atomic mass is 79.9. The molecule has 33 heavy (non-hydrogen) atoms. The molecule has 0 unspecified atom stereocenters. The lowest BCUT2D eigenvalue weighted by Gasteiger charge is -2.14. The van der Waals surface area contributed by atoms with Crippen molar-refractivity contribution in [2.75, 3.05) is 5.32 Å². The van der Waals surface area contributed by atoms with E-state index < -0.39 is 5.97 Å². The number of benzene rings is 4. The van der Waals surface area contributed by atoms with Crippen LogP contribution in [0.15, 0.2) is 100 Å². The molecule has 4 aromatic carbocycles. The first-order valence-electron chi connectivity index (χ1n) is 10.5. The number of aryl methyl sites for hydroxylation is 2. The molecule has 0 aromatic heterocycles. The smallest absolute Gasteiger partial charge is 0.345 e. The van der Waals surface area contributed by atoms with E-state index in [1.807, 2.05) is 73.7 Å². The van der Waals surface area contributed by atoms with Crippen LogP contribution < -0.4 is 10.1 Å². The molecular weight excluding hydrogens is 476 g/mol. The summed E-state index contributed by atoms with van der Waals surface area (Å²) in [5, 5.41) is 3.36. The van der Waals surface area contributed by atoms with E-state index in [-0.39, 0.29) is 0 Å². The molecule has 1 N–H and O–H groups in total. The normalized spacial score (nSPS) is 10.9. The molecule has 0 spiro atoms. The van der Waals surface area contributed by atoms with Gasteiger partial charge in [-0.1, -0.05) is 57.9 Å². The average Bonchev–Trinajstić information content (AvgIpc) is 2.82. The Hall–Kier alpha value is -3.70. The summed E-state index contributed by atoms with van der Waals surface area (Å²) in [6.45, 7) is 4.09. The molecule has 4 aromatic rings. The molecule has 0 aliphatic rings. The van der Waals surface area contributed by atoms with Crippen molar-refractivity contribution in [1.82, 2.24) is 0 Å². The zero-order chi connectivity index (χ0) is 23.2. The molecule has 0 saturated heterocycles. The van der Waals surface area contributed by atoms with Gasteiger partial charge < -0.3 is 10.1 Å². The van der Waals surface area contributed by atoms with Crippen molar-refractivity contribution in [3.63, 3.8) is 0 Å². The molecule has 0 aliphatic heterocycles.